The normalized spacial score (nSPS) is 13.2. The average Bonchev–Trinajstić information content (AvgIpc) is 3.03. The molecule has 0 fully saturated rings. The number of carbonyl (C=O) groups is 2. The standard InChI is InChI=1S/C28H19NO4/c1-16-8-7-9-17(2)26(16)29-27(30)20-14-24-25(15-21(20)28(29)31)33-23-13-6-4-11-19(23)18-10-3-5-12-22(18)32-24/h3-15H,1-2H3. The van der Waals surface area contributed by atoms with Crippen molar-refractivity contribution in [2.45, 2.75) is 13.8 Å². The molecule has 1 aliphatic rings. The Labute approximate surface area is 189 Å². The zero-order valence-corrected chi connectivity index (χ0v) is 18.1. The maximum absolute atomic E-state index is 13.4. The average molecular weight is 433 g/mol. The van der Waals surface area contributed by atoms with Crippen molar-refractivity contribution in [3.63, 3.8) is 0 Å². The minimum Gasteiger partial charge on any atom is -0.453 e. The fraction of sp³-hybridized carbons (Fsp3) is 0.0714. The summed E-state index contributed by atoms with van der Waals surface area (Å²) in [7, 11) is 0. The van der Waals surface area contributed by atoms with E-state index in [0.717, 1.165) is 21.9 Å². The van der Waals surface area contributed by atoms with E-state index in [-0.39, 0.29) is 11.8 Å². The van der Waals surface area contributed by atoms with E-state index in [1.165, 1.54) is 4.90 Å². The molecular weight excluding hydrogens is 414 g/mol. The molecule has 0 bridgehead atoms. The van der Waals surface area contributed by atoms with Crippen molar-refractivity contribution in [1.82, 2.24) is 0 Å². The zero-order chi connectivity index (χ0) is 22.7. The molecule has 0 saturated carbocycles. The number of anilines is 1. The summed E-state index contributed by atoms with van der Waals surface area (Å²) in [6, 6.07) is 24.3. The van der Waals surface area contributed by atoms with Crippen LogP contribution in [0, 0.1) is 13.8 Å². The molecule has 0 saturated heterocycles. The minimum atomic E-state index is -0.366. The third kappa shape index (κ3) is 2.86. The summed E-state index contributed by atoms with van der Waals surface area (Å²) >= 11 is 0. The lowest BCUT2D eigenvalue weighted by atomic mass is 10.1. The Morgan fingerprint density at radius 2 is 1.03 bits per heavy atom. The molecule has 0 atom stereocenters. The topological polar surface area (TPSA) is 63.7 Å². The van der Waals surface area contributed by atoms with E-state index in [2.05, 4.69) is 0 Å². The highest BCUT2D eigenvalue weighted by Crippen LogP contribution is 2.36. The van der Waals surface area contributed by atoms with E-state index >= 15 is 0 Å². The summed E-state index contributed by atoms with van der Waals surface area (Å²) in [6.45, 7) is 3.79. The number of benzene rings is 4. The molecule has 0 spiro atoms. The molecule has 2 amide bonds. The second-order valence-corrected chi connectivity index (χ2v) is 8.23. The van der Waals surface area contributed by atoms with Crippen LogP contribution >= 0.6 is 0 Å². The van der Waals surface area contributed by atoms with Gasteiger partial charge in [-0.25, -0.2) is 4.90 Å². The molecule has 6 rings (SSSR count). The van der Waals surface area contributed by atoms with Crippen molar-refractivity contribution in [2.75, 3.05) is 4.90 Å². The van der Waals surface area contributed by atoms with E-state index in [0.29, 0.717) is 39.1 Å². The number of imide groups is 1. The largest absolute Gasteiger partial charge is 0.453 e. The van der Waals surface area contributed by atoms with Gasteiger partial charge in [-0.3, -0.25) is 9.59 Å². The van der Waals surface area contributed by atoms with Gasteiger partial charge in [0.1, 0.15) is 11.2 Å². The summed E-state index contributed by atoms with van der Waals surface area (Å²) < 4.78 is 12.5. The van der Waals surface area contributed by atoms with Gasteiger partial charge in [0.2, 0.25) is 0 Å². The SMILES string of the molecule is Cc1cccc(C)c1N1C(=O)c2cc3oc4ccccc4c4ccccc4oc3cc2C1=O. The van der Waals surface area contributed by atoms with Crippen LogP contribution in [0.3, 0.4) is 0 Å². The van der Waals surface area contributed by atoms with Crippen molar-refractivity contribution >= 4 is 50.6 Å². The summed E-state index contributed by atoms with van der Waals surface area (Å²) in [5.41, 5.74) is 5.02. The van der Waals surface area contributed by atoms with E-state index < -0.39 is 0 Å². The Hall–Kier alpha value is -4.38. The van der Waals surface area contributed by atoms with Gasteiger partial charge < -0.3 is 8.83 Å². The van der Waals surface area contributed by atoms with Gasteiger partial charge >= 0.3 is 0 Å². The third-order valence-electron chi connectivity index (χ3n) is 6.12. The first kappa shape index (κ1) is 19.3. The van der Waals surface area contributed by atoms with Crippen LogP contribution in [-0.4, -0.2) is 11.8 Å². The Morgan fingerprint density at radius 1 is 0.576 bits per heavy atom. The van der Waals surface area contributed by atoms with E-state index in [1.54, 1.807) is 12.1 Å². The van der Waals surface area contributed by atoms with Gasteiger partial charge in [0.05, 0.1) is 16.8 Å². The zero-order valence-electron chi connectivity index (χ0n) is 18.1. The van der Waals surface area contributed by atoms with Crippen LogP contribution in [0.5, 0.6) is 0 Å². The number of rotatable bonds is 1. The van der Waals surface area contributed by atoms with E-state index in [9.17, 15) is 9.59 Å². The maximum Gasteiger partial charge on any atom is 0.266 e. The monoisotopic (exact) mass is 433 g/mol. The molecule has 5 heteroatoms. The Bertz CT molecular complexity index is 1570. The first-order valence-corrected chi connectivity index (χ1v) is 10.7. The second kappa shape index (κ2) is 7.07. The van der Waals surface area contributed by atoms with Crippen molar-refractivity contribution in [2.24, 2.45) is 0 Å². The smallest absolute Gasteiger partial charge is 0.266 e. The lowest BCUT2D eigenvalue weighted by molar-refractivity contribution is 0.0925. The number of hydrogen-bond donors (Lipinski definition) is 0. The van der Waals surface area contributed by atoms with Crippen molar-refractivity contribution in [3.05, 3.63) is 101 Å². The molecule has 2 heterocycles. The van der Waals surface area contributed by atoms with Crippen LogP contribution in [0.15, 0.2) is 87.7 Å². The highest BCUT2D eigenvalue weighted by molar-refractivity contribution is 6.35. The summed E-state index contributed by atoms with van der Waals surface area (Å²) in [4.78, 5) is 28.1. The first-order chi connectivity index (χ1) is 16.0. The third-order valence-corrected chi connectivity index (χ3v) is 6.12. The molecule has 33 heavy (non-hydrogen) atoms. The predicted molar refractivity (Wildman–Crippen MR) is 128 cm³/mol. The fourth-order valence-electron chi connectivity index (χ4n) is 4.56. The van der Waals surface area contributed by atoms with Crippen LogP contribution in [0.4, 0.5) is 5.69 Å². The Morgan fingerprint density at radius 3 is 1.52 bits per heavy atom. The second-order valence-electron chi connectivity index (χ2n) is 8.23. The van der Waals surface area contributed by atoms with Gasteiger partial charge in [-0.1, -0.05) is 54.6 Å². The number of nitrogens with zero attached hydrogens (tertiary/aromatic N) is 1. The van der Waals surface area contributed by atoms with Gasteiger partial charge in [-0.2, -0.15) is 0 Å². The fourth-order valence-corrected chi connectivity index (χ4v) is 4.56. The molecule has 0 unspecified atom stereocenters. The van der Waals surface area contributed by atoms with E-state index in [4.69, 9.17) is 8.83 Å². The number of para-hydroxylation sites is 3. The van der Waals surface area contributed by atoms with Crippen LogP contribution in [0.25, 0.3) is 33.1 Å². The van der Waals surface area contributed by atoms with Gasteiger partial charge in [0.25, 0.3) is 11.8 Å². The molecule has 5 aromatic rings. The predicted octanol–water partition coefficient (Wildman–Crippen LogP) is 6.87. The highest BCUT2D eigenvalue weighted by Gasteiger charge is 2.38. The molecule has 5 nitrogen and oxygen atoms in total. The van der Waals surface area contributed by atoms with Gasteiger partial charge in [-0.15, -0.1) is 0 Å². The molecule has 1 aromatic heterocycles. The summed E-state index contributed by atoms with van der Waals surface area (Å²) in [5.74, 6) is -0.732. The van der Waals surface area contributed by atoms with Crippen LogP contribution in [0.2, 0.25) is 0 Å². The van der Waals surface area contributed by atoms with Crippen molar-refractivity contribution in [3.8, 4) is 0 Å². The molecular formula is C28H19NO4. The summed E-state index contributed by atoms with van der Waals surface area (Å²) in [6.07, 6.45) is 0. The number of fused-ring (bicyclic) bond motifs is 5. The number of aryl methyl sites for hydroxylation is 2. The van der Waals surface area contributed by atoms with Crippen molar-refractivity contribution in [1.29, 1.82) is 0 Å². The maximum atomic E-state index is 13.4. The van der Waals surface area contributed by atoms with Crippen LogP contribution in [-0.2, 0) is 0 Å². The van der Waals surface area contributed by atoms with E-state index in [1.807, 2.05) is 80.6 Å². The molecule has 160 valence electrons. The lowest BCUT2D eigenvalue weighted by Gasteiger charge is -2.19. The molecule has 0 radical (unpaired) electrons. The number of hydrogen-bond acceptors (Lipinski definition) is 4. The van der Waals surface area contributed by atoms with Gasteiger partial charge in [0, 0.05) is 10.8 Å². The first-order valence-electron chi connectivity index (χ1n) is 10.7. The Balaban J connectivity index is 1.67. The quantitative estimate of drug-likeness (QED) is 0.271. The number of carbonyl (C=O) groups excluding carboxylic acids is 2. The minimum absolute atomic E-state index is 0.302. The highest BCUT2D eigenvalue weighted by atomic mass is 16.4. The lowest BCUT2D eigenvalue weighted by Crippen LogP contribution is -2.30. The van der Waals surface area contributed by atoms with Crippen LogP contribution in [0.1, 0.15) is 31.8 Å². The molecule has 0 aliphatic carbocycles. The molecule has 0 N–H and O–H groups in total. The van der Waals surface area contributed by atoms with Gasteiger partial charge in [-0.05, 0) is 49.2 Å². The Kier molecular flexibility index (Phi) is 4.14. The van der Waals surface area contributed by atoms with Gasteiger partial charge in [0.15, 0.2) is 11.2 Å². The molecule has 4 aromatic carbocycles. The molecule has 1 aliphatic heterocycles. The van der Waals surface area contributed by atoms with Crippen LogP contribution < -0.4 is 4.90 Å². The summed E-state index contributed by atoms with van der Waals surface area (Å²) in [5, 5.41) is 1.78. The number of amides is 2. The van der Waals surface area contributed by atoms with Crippen molar-refractivity contribution < 1.29 is 18.4 Å².